The van der Waals surface area contributed by atoms with E-state index in [-0.39, 0.29) is 11.9 Å². The second kappa shape index (κ2) is 6.14. The number of rotatable bonds is 5. The summed E-state index contributed by atoms with van der Waals surface area (Å²) in [5.74, 6) is 0.0141. The van der Waals surface area contributed by atoms with Crippen molar-refractivity contribution in [2.45, 2.75) is 19.9 Å². The normalized spacial score (nSPS) is 12.1. The number of aromatic nitrogens is 1. The Labute approximate surface area is 90.1 Å². The van der Waals surface area contributed by atoms with Crippen LogP contribution in [0.2, 0.25) is 0 Å². The molecule has 0 radical (unpaired) electrons. The molecule has 4 nitrogen and oxygen atoms in total. The van der Waals surface area contributed by atoms with E-state index >= 15 is 0 Å². The molecule has 1 rings (SSSR count). The summed E-state index contributed by atoms with van der Waals surface area (Å²) in [6.07, 6.45) is 1.75. The number of hydrogen-bond acceptors (Lipinski definition) is 3. The first-order valence-electron chi connectivity index (χ1n) is 5.15. The Hall–Kier alpha value is -1.42. The predicted octanol–water partition coefficient (Wildman–Crippen LogP) is 0.868. The number of likely N-dealkylation sites (N-methyl/N-ethyl adjacent to an activating group) is 1. The average molecular weight is 207 g/mol. The number of carbonyl (C=O) groups excluding carboxylic acids is 1. The number of nitrogens with zero attached hydrogens (tertiary/aromatic N) is 1. The summed E-state index contributed by atoms with van der Waals surface area (Å²) >= 11 is 0. The van der Waals surface area contributed by atoms with Crippen LogP contribution in [0.3, 0.4) is 0 Å². The highest BCUT2D eigenvalue weighted by molar-refractivity contribution is 5.77. The topological polar surface area (TPSA) is 54.0 Å². The molecule has 0 saturated carbocycles. The molecule has 0 bridgehead atoms. The van der Waals surface area contributed by atoms with Gasteiger partial charge in [-0.15, -0.1) is 0 Å². The molecule has 1 aromatic heterocycles. The highest BCUT2D eigenvalue weighted by atomic mass is 16.1. The molecule has 0 aromatic carbocycles. The van der Waals surface area contributed by atoms with Crippen molar-refractivity contribution in [2.75, 3.05) is 13.1 Å². The zero-order valence-electron chi connectivity index (χ0n) is 9.16. The summed E-state index contributed by atoms with van der Waals surface area (Å²) in [4.78, 5) is 15.4. The van der Waals surface area contributed by atoms with Gasteiger partial charge in [0.1, 0.15) is 0 Å². The van der Waals surface area contributed by atoms with E-state index in [2.05, 4.69) is 15.6 Å². The lowest BCUT2D eigenvalue weighted by atomic mass is 10.2. The second-order valence-corrected chi connectivity index (χ2v) is 3.31. The van der Waals surface area contributed by atoms with Crippen LogP contribution in [0.1, 0.15) is 25.6 Å². The largest absolute Gasteiger partial charge is 0.355 e. The monoisotopic (exact) mass is 207 g/mol. The Morgan fingerprint density at radius 1 is 1.53 bits per heavy atom. The van der Waals surface area contributed by atoms with Crippen molar-refractivity contribution in [3.05, 3.63) is 30.1 Å². The van der Waals surface area contributed by atoms with Crippen LogP contribution in [-0.4, -0.2) is 24.0 Å². The molecule has 82 valence electrons. The molecule has 0 spiro atoms. The summed E-state index contributed by atoms with van der Waals surface area (Å²) in [6, 6.07) is 5.84. The molecule has 2 N–H and O–H groups in total. The van der Waals surface area contributed by atoms with E-state index in [1.807, 2.05) is 32.0 Å². The molecule has 1 atom stereocenters. The molecule has 1 heterocycles. The van der Waals surface area contributed by atoms with Crippen LogP contribution in [0.15, 0.2) is 24.4 Å². The van der Waals surface area contributed by atoms with Crippen molar-refractivity contribution in [3.8, 4) is 0 Å². The van der Waals surface area contributed by atoms with Crippen molar-refractivity contribution < 1.29 is 4.79 Å². The fraction of sp³-hybridized carbons (Fsp3) is 0.455. The van der Waals surface area contributed by atoms with Crippen LogP contribution in [0, 0.1) is 0 Å². The molecule has 1 amide bonds. The van der Waals surface area contributed by atoms with Crippen molar-refractivity contribution in [1.82, 2.24) is 15.6 Å². The minimum absolute atomic E-state index is 0.0141. The van der Waals surface area contributed by atoms with Gasteiger partial charge in [-0.05, 0) is 26.0 Å². The Bertz CT molecular complexity index is 300. The van der Waals surface area contributed by atoms with Crippen molar-refractivity contribution in [2.24, 2.45) is 0 Å². The maximum absolute atomic E-state index is 11.2. The van der Waals surface area contributed by atoms with Crippen LogP contribution >= 0.6 is 0 Å². The van der Waals surface area contributed by atoms with Crippen LogP contribution in [0.5, 0.6) is 0 Å². The lowest BCUT2D eigenvalue weighted by Gasteiger charge is -2.12. The Morgan fingerprint density at radius 3 is 2.93 bits per heavy atom. The smallest absolute Gasteiger partial charge is 0.233 e. The third kappa shape index (κ3) is 4.08. The quantitative estimate of drug-likeness (QED) is 0.753. The van der Waals surface area contributed by atoms with Crippen molar-refractivity contribution in [3.63, 3.8) is 0 Å². The van der Waals surface area contributed by atoms with Crippen molar-refractivity contribution in [1.29, 1.82) is 0 Å². The highest BCUT2D eigenvalue weighted by Gasteiger charge is 2.07. The van der Waals surface area contributed by atoms with Gasteiger partial charge >= 0.3 is 0 Å². The predicted molar refractivity (Wildman–Crippen MR) is 59.3 cm³/mol. The maximum Gasteiger partial charge on any atom is 0.233 e. The minimum atomic E-state index is 0.0141. The van der Waals surface area contributed by atoms with E-state index in [1.54, 1.807) is 6.20 Å². The van der Waals surface area contributed by atoms with E-state index in [9.17, 15) is 4.79 Å². The lowest BCUT2D eigenvalue weighted by molar-refractivity contribution is -0.120. The van der Waals surface area contributed by atoms with Crippen LogP contribution in [-0.2, 0) is 4.79 Å². The van der Waals surface area contributed by atoms with Gasteiger partial charge in [0.25, 0.3) is 0 Å². The fourth-order valence-electron chi connectivity index (χ4n) is 1.24. The summed E-state index contributed by atoms with van der Waals surface area (Å²) < 4.78 is 0. The van der Waals surface area contributed by atoms with Gasteiger partial charge in [0.2, 0.25) is 5.91 Å². The van der Waals surface area contributed by atoms with E-state index in [1.165, 1.54) is 0 Å². The second-order valence-electron chi connectivity index (χ2n) is 3.31. The summed E-state index contributed by atoms with van der Waals surface area (Å²) in [6.45, 7) is 4.88. The fourth-order valence-corrected chi connectivity index (χ4v) is 1.24. The molecule has 1 aromatic rings. The van der Waals surface area contributed by atoms with Crippen LogP contribution in [0.4, 0.5) is 0 Å². The molecule has 0 unspecified atom stereocenters. The number of nitrogens with one attached hydrogen (secondary N) is 2. The molecule has 4 heteroatoms. The molecule has 0 aliphatic carbocycles. The Kier molecular flexibility index (Phi) is 4.77. The first-order chi connectivity index (χ1) is 7.24. The van der Waals surface area contributed by atoms with Gasteiger partial charge < -0.3 is 10.6 Å². The summed E-state index contributed by atoms with van der Waals surface area (Å²) in [5.41, 5.74) is 0.946. The number of carbonyl (C=O) groups is 1. The van der Waals surface area contributed by atoms with Gasteiger partial charge in [0, 0.05) is 18.8 Å². The van der Waals surface area contributed by atoms with Gasteiger partial charge in [-0.25, -0.2) is 0 Å². The van der Waals surface area contributed by atoms with Gasteiger partial charge in [0.05, 0.1) is 12.2 Å². The Balaban J connectivity index is 2.37. The van der Waals surface area contributed by atoms with E-state index in [4.69, 9.17) is 0 Å². The molecule has 0 aliphatic rings. The SMILES string of the molecule is CCNC(=O)CN[C@@H](C)c1ccccn1. The summed E-state index contributed by atoms with van der Waals surface area (Å²) in [5, 5.41) is 5.84. The number of hydrogen-bond donors (Lipinski definition) is 2. The Morgan fingerprint density at radius 2 is 2.33 bits per heavy atom. The number of pyridine rings is 1. The minimum Gasteiger partial charge on any atom is -0.355 e. The van der Waals surface area contributed by atoms with E-state index < -0.39 is 0 Å². The highest BCUT2D eigenvalue weighted by Crippen LogP contribution is 2.06. The van der Waals surface area contributed by atoms with Crippen LogP contribution < -0.4 is 10.6 Å². The first-order valence-corrected chi connectivity index (χ1v) is 5.15. The zero-order chi connectivity index (χ0) is 11.1. The maximum atomic E-state index is 11.2. The molecular weight excluding hydrogens is 190 g/mol. The third-order valence-corrected chi connectivity index (χ3v) is 2.07. The van der Waals surface area contributed by atoms with E-state index in [0.717, 1.165) is 5.69 Å². The summed E-state index contributed by atoms with van der Waals surface area (Å²) in [7, 11) is 0. The first kappa shape index (κ1) is 11.7. The average Bonchev–Trinajstić information content (AvgIpc) is 2.27. The molecule has 0 fully saturated rings. The lowest BCUT2D eigenvalue weighted by Crippen LogP contribution is -2.35. The van der Waals surface area contributed by atoms with Crippen LogP contribution in [0.25, 0.3) is 0 Å². The molecular formula is C11H17N3O. The third-order valence-electron chi connectivity index (χ3n) is 2.07. The van der Waals surface area contributed by atoms with Crippen molar-refractivity contribution >= 4 is 5.91 Å². The number of amides is 1. The van der Waals surface area contributed by atoms with Gasteiger partial charge in [-0.1, -0.05) is 6.07 Å². The van der Waals surface area contributed by atoms with Gasteiger partial charge in [-0.2, -0.15) is 0 Å². The zero-order valence-corrected chi connectivity index (χ0v) is 9.16. The van der Waals surface area contributed by atoms with Gasteiger partial charge in [-0.3, -0.25) is 9.78 Å². The van der Waals surface area contributed by atoms with E-state index in [0.29, 0.717) is 13.1 Å². The molecule has 0 aliphatic heterocycles. The molecule has 15 heavy (non-hydrogen) atoms. The van der Waals surface area contributed by atoms with Gasteiger partial charge in [0.15, 0.2) is 0 Å². The molecule has 0 saturated heterocycles. The standard InChI is InChI=1S/C11H17N3O/c1-3-12-11(15)8-14-9(2)10-6-4-5-7-13-10/h4-7,9,14H,3,8H2,1-2H3,(H,12,15)/t9-/m0/s1.